The Hall–Kier alpha value is -1.34. The molecule has 1 aliphatic rings. The summed E-state index contributed by atoms with van der Waals surface area (Å²) in [7, 11) is 0. The smallest absolute Gasteiger partial charge is 0.0802 e. The van der Waals surface area contributed by atoms with Crippen molar-refractivity contribution in [2.75, 3.05) is 0 Å². The Morgan fingerprint density at radius 1 is 1.19 bits per heavy atom. The van der Waals surface area contributed by atoms with Crippen LogP contribution in [0.3, 0.4) is 0 Å². The Labute approximate surface area is 97.4 Å². The fourth-order valence-electron chi connectivity index (χ4n) is 1.96. The molecule has 16 heavy (non-hydrogen) atoms. The summed E-state index contributed by atoms with van der Waals surface area (Å²) < 4.78 is 5.82. The number of hydrogen-bond acceptors (Lipinski definition) is 1. The fraction of sp³-hybridized carbons (Fsp3) is 0.333. The average Bonchev–Trinajstić information content (AvgIpc) is 2.30. The van der Waals surface area contributed by atoms with Crippen molar-refractivity contribution in [3.05, 3.63) is 54.1 Å². The lowest BCUT2D eigenvalue weighted by molar-refractivity contribution is 0.0381. The van der Waals surface area contributed by atoms with Crippen LogP contribution in [0.25, 0.3) is 5.57 Å². The van der Waals surface area contributed by atoms with Crippen molar-refractivity contribution in [1.82, 2.24) is 0 Å². The van der Waals surface area contributed by atoms with E-state index in [1.807, 2.05) is 6.07 Å². The van der Waals surface area contributed by atoms with E-state index in [1.54, 1.807) is 0 Å². The molecule has 0 aromatic heterocycles. The van der Waals surface area contributed by atoms with Crippen LogP contribution in [-0.2, 0) is 4.74 Å². The van der Waals surface area contributed by atoms with Crippen molar-refractivity contribution in [3.8, 4) is 0 Å². The normalized spacial score (nSPS) is 19.9. The summed E-state index contributed by atoms with van der Waals surface area (Å²) in [5.41, 5.74) is 2.65. The van der Waals surface area contributed by atoms with Crippen molar-refractivity contribution in [2.45, 2.75) is 32.5 Å². The van der Waals surface area contributed by atoms with E-state index < -0.39 is 0 Å². The predicted octanol–water partition coefficient (Wildman–Crippen LogP) is 3.82. The highest BCUT2D eigenvalue weighted by Gasteiger charge is 2.14. The van der Waals surface area contributed by atoms with Gasteiger partial charge in [0.2, 0.25) is 0 Å². The van der Waals surface area contributed by atoms with Gasteiger partial charge in [-0.2, -0.15) is 0 Å². The van der Waals surface area contributed by atoms with Crippen molar-refractivity contribution in [1.29, 1.82) is 0 Å². The van der Waals surface area contributed by atoms with E-state index in [-0.39, 0.29) is 12.2 Å². The maximum absolute atomic E-state index is 5.82. The number of allylic oxidation sites excluding steroid dienone is 2. The first kappa shape index (κ1) is 11.2. The van der Waals surface area contributed by atoms with Crippen molar-refractivity contribution >= 4 is 5.57 Å². The molecule has 0 saturated heterocycles. The minimum Gasteiger partial charge on any atom is -0.371 e. The monoisotopic (exact) mass is 214 g/mol. The van der Waals surface area contributed by atoms with Crippen LogP contribution >= 0.6 is 0 Å². The molecule has 1 unspecified atom stereocenters. The lowest BCUT2D eigenvalue weighted by Crippen LogP contribution is -2.17. The van der Waals surface area contributed by atoms with Gasteiger partial charge < -0.3 is 4.74 Å². The molecule has 1 aromatic rings. The molecular formula is C15H18O. The van der Waals surface area contributed by atoms with Gasteiger partial charge in [0.1, 0.15) is 0 Å². The Morgan fingerprint density at radius 3 is 2.62 bits per heavy atom. The molecule has 1 aromatic carbocycles. The van der Waals surface area contributed by atoms with Crippen molar-refractivity contribution in [3.63, 3.8) is 0 Å². The third-order valence-corrected chi connectivity index (χ3v) is 2.64. The molecule has 0 spiro atoms. The maximum atomic E-state index is 5.82. The van der Waals surface area contributed by atoms with Gasteiger partial charge in [-0.1, -0.05) is 48.6 Å². The molecule has 1 aliphatic carbocycles. The standard InChI is InChI=1S/C15H18O/c1-12(2)16-15-10-6-9-14(11-15)13-7-4-3-5-8-13/h3-10,12,15H,11H2,1-2H3. The predicted molar refractivity (Wildman–Crippen MR) is 68.2 cm³/mol. The third kappa shape index (κ3) is 2.83. The fourth-order valence-corrected chi connectivity index (χ4v) is 1.96. The Morgan fingerprint density at radius 2 is 1.94 bits per heavy atom. The maximum Gasteiger partial charge on any atom is 0.0802 e. The van der Waals surface area contributed by atoms with E-state index in [0.29, 0.717) is 0 Å². The molecule has 1 nitrogen and oxygen atoms in total. The van der Waals surface area contributed by atoms with E-state index in [9.17, 15) is 0 Å². The Kier molecular flexibility index (Phi) is 3.58. The number of benzene rings is 1. The van der Waals surface area contributed by atoms with Gasteiger partial charge in [0.05, 0.1) is 12.2 Å². The molecule has 0 bridgehead atoms. The summed E-state index contributed by atoms with van der Waals surface area (Å²) in [6.45, 7) is 4.16. The van der Waals surface area contributed by atoms with Gasteiger partial charge in [0, 0.05) is 6.42 Å². The summed E-state index contributed by atoms with van der Waals surface area (Å²) in [6, 6.07) is 10.5. The van der Waals surface area contributed by atoms with Crippen LogP contribution in [0.5, 0.6) is 0 Å². The van der Waals surface area contributed by atoms with Gasteiger partial charge in [-0.15, -0.1) is 0 Å². The summed E-state index contributed by atoms with van der Waals surface area (Å²) in [5.74, 6) is 0. The van der Waals surface area contributed by atoms with Gasteiger partial charge in [0.15, 0.2) is 0 Å². The molecule has 0 amide bonds. The highest BCUT2D eigenvalue weighted by molar-refractivity contribution is 5.68. The minimum absolute atomic E-state index is 0.222. The average molecular weight is 214 g/mol. The Bertz CT molecular complexity index is 387. The number of rotatable bonds is 3. The molecule has 1 atom stereocenters. The van der Waals surface area contributed by atoms with Gasteiger partial charge in [0.25, 0.3) is 0 Å². The molecule has 0 radical (unpaired) electrons. The van der Waals surface area contributed by atoms with Crippen LogP contribution in [0, 0.1) is 0 Å². The summed E-state index contributed by atoms with van der Waals surface area (Å²) >= 11 is 0. The SMILES string of the molecule is CC(C)OC1C=CC=C(c2ccccc2)C1. The highest BCUT2D eigenvalue weighted by atomic mass is 16.5. The first-order valence-electron chi connectivity index (χ1n) is 5.84. The van der Waals surface area contributed by atoms with Crippen LogP contribution in [0.1, 0.15) is 25.8 Å². The molecule has 0 heterocycles. The largest absolute Gasteiger partial charge is 0.371 e. The van der Waals surface area contributed by atoms with Crippen LogP contribution < -0.4 is 0 Å². The van der Waals surface area contributed by atoms with Gasteiger partial charge in [-0.05, 0) is 25.0 Å². The van der Waals surface area contributed by atoms with Crippen molar-refractivity contribution in [2.24, 2.45) is 0 Å². The lowest BCUT2D eigenvalue weighted by atomic mass is 9.96. The van der Waals surface area contributed by atoms with Gasteiger partial charge in [-0.3, -0.25) is 0 Å². The highest BCUT2D eigenvalue weighted by Crippen LogP contribution is 2.25. The Balaban J connectivity index is 2.08. The molecule has 0 aliphatic heterocycles. The van der Waals surface area contributed by atoms with Crippen LogP contribution in [-0.4, -0.2) is 12.2 Å². The molecule has 2 rings (SSSR count). The van der Waals surface area contributed by atoms with E-state index >= 15 is 0 Å². The van der Waals surface area contributed by atoms with Crippen LogP contribution in [0.4, 0.5) is 0 Å². The number of ether oxygens (including phenoxy) is 1. The van der Waals surface area contributed by atoms with Gasteiger partial charge >= 0.3 is 0 Å². The molecule has 84 valence electrons. The zero-order chi connectivity index (χ0) is 11.4. The summed E-state index contributed by atoms with van der Waals surface area (Å²) in [6.07, 6.45) is 7.88. The quantitative estimate of drug-likeness (QED) is 0.743. The molecule has 0 N–H and O–H groups in total. The lowest BCUT2D eigenvalue weighted by Gasteiger charge is -2.21. The zero-order valence-electron chi connectivity index (χ0n) is 9.89. The van der Waals surface area contributed by atoms with E-state index in [0.717, 1.165) is 6.42 Å². The number of hydrogen-bond donors (Lipinski definition) is 0. The topological polar surface area (TPSA) is 9.23 Å². The summed E-state index contributed by atoms with van der Waals surface area (Å²) in [5, 5.41) is 0. The van der Waals surface area contributed by atoms with Crippen LogP contribution in [0.2, 0.25) is 0 Å². The molecule has 1 heteroatoms. The first-order valence-corrected chi connectivity index (χ1v) is 5.84. The van der Waals surface area contributed by atoms with E-state index in [2.05, 4.69) is 56.3 Å². The van der Waals surface area contributed by atoms with E-state index in [4.69, 9.17) is 4.74 Å². The zero-order valence-corrected chi connectivity index (χ0v) is 9.89. The van der Waals surface area contributed by atoms with E-state index in [1.165, 1.54) is 11.1 Å². The second-order valence-corrected chi connectivity index (χ2v) is 4.37. The van der Waals surface area contributed by atoms with Crippen molar-refractivity contribution < 1.29 is 4.74 Å². The summed E-state index contributed by atoms with van der Waals surface area (Å²) in [4.78, 5) is 0. The minimum atomic E-state index is 0.222. The second-order valence-electron chi connectivity index (χ2n) is 4.37. The van der Waals surface area contributed by atoms with Gasteiger partial charge in [-0.25, -0.2) is 0 Å². The molecule has 0 saturated carbocycles. The second kappa shape index (κ2) is 5.13. The molecular weight excluding hydrogens is 196 g/mol. The third-order valence-electron chi connectivity index (χ3n) is 2.64. The first-order chi connectivity index (χ1) is 7.75. The molecule has 0 fully saturated rings. The van der Waals surface area contributed by atoms with Crippen LogP contribution in [0.15, 0.2) is 48.6 Å².